The summed E-state index contributed by atoms with van der Waals surface area (Å²) in [6.07, 6.45) is 7.39. The van der Waals surface area contributed by atoms with E-state index < -0.39 is 0 Å². The maximum Gasteiger partial charge on any atom is 0.143 e. The van der Waals surface area contributed by atoms with Gasteiger partial charge in [0.1, 0.15) is 17.2 Å². The van der Waals surface area contributed by atoms with Crippen LogP contribution in [0.1, 0.15) is 0 Å². The molecule has 0 aliphatic carbocycles. The van der Waals surface area contributed by atoms with Gasteiger partial charge in [-0.25, -0.2) is 9.97 Å². The van der Waals surface area contributed by atoms with Crippen molar-refractivity contribution in [2.45, 2.75) is 0 Å². The topological polar surface area (TPSA) is 51.9 Å². The first-order chi connectivity index (χ1) is 17.2. The van der Waals surface area contributed by atoms with Crippen LogP contribution < -0.4 is 14.7 Å². The minimum Gasteiger partial charge on any atom is -0.514 e. The van der Waals surface area contributed by atoms with E-state index in [9.17, 15) is 0 Å². The third kappa shape index (κ3) is 4.30. The van der Waals surface area contributed by atoms with Crippen molar-refractivity contribution in [3.63, 3.8) is 0 Å². The van der Waals surface area contributed by atoms with Crippen LogP contribution in [0.15, 0.2) is 89.9 Å². The Morgan fingerprint density at radius 1 is 0.806 bits per heavy atom. The second-order valence-corrected chi connectivity index (χ2v) is 8.20. The molecule has 2 aliphatic heterocycles. The predicted molar refractivity (Wildman–Crippen MR) is 138 cm³/mol. The Labute approximate surface area is 223 Å². The van der Waals surface area contributed by atoms with E-state index >= 15 is 0 Å². The maximum absolute atomic E-state index is 5.99. The Kier molecular flexibility index (Phi) is 6.63. The zero-order valence-corrected chi connectivity index (χ0v) is 22.1. The van der Waals surface area contributed by atoms with Crippen LogP contribution in [0.25, 0.3) is 21.9 Å². The van der Waals surface area contributed by atoms with E-state index in [1.165, 1.54) is 0 Å². The number of anilines is 4. The second-order valence-electron chi connectivity index (χ2n) is 8.20. The van der Waals surface area contributed by atoms with Crippen LogP contribution in [-0.2, 0) is 20.1 Å². The molecule has 0 bridgehead atoms. The molecular formula is C28H22IrN6O-4. The average Bonchev–Trinajstić information content (AvgIpc) is 3.60. The third-order valence-corrected chi connectivity index (χ3v) is 5.81. The first-order valence-electron chi connectivity index (χ1n) is 11.2. The normalized spacial score (nSPS) is 14.2. The van der Waals surface area contributed by atoms with Gasteiger partial charge < -0.3 is 24.0 Å². The van der Waals surface area contributed by atoms with E-state index in [1.54, 1.807) is 12.4 Å². The Hall–Kier alpha value is -3.87. The Balaban J connectivity index is 0.000000146. The van der Waals surface area contributed by atoms with Crippen LogP contribution in [0, 0.1) is 25.5 Å². The third-order valence-electron chi connectivity index (χ3n) is 5.81. The molecule has 36 heavy (non-hydrogen) atoms. The van der Waals surface area contributed by atoms with Crippen molar-refractivity contribution in [2.24, 2.45) is 0 Å². The van der Waals surface area contributed by atoms with Gasteiger partial charge in [-0.15, -0.1) is 12.4 Å². The Morgan fingerprint density at radius 2 is 1.61 bits per heavy atom. The molecule has 0 amide bonds. The number of nitrogens with zero attached hydrogens (tertiary/aromatic N) is 6. The molecule has 8 heteroatoms. The van der Waals surface area contributed by atoms with E-state index in [4.69, 9.17) is 4.42 Å². The van der Waals surface area contributed by atoms with Gasteiger partial charge in [0, 0.05) is 43.5 Å². The van der Waals surface area contributed by atoms with Crippen molar-refractivity contribution >= 4 is 44.9 Å². The molecule has 0 unspecified atom stereocenters. The SMILES string of the molecule is CN1C=CN(c2[c-]ccc3c2oc2ccccc23)[CH-]1.CN1[CH-]N(c2[c-]cccc2)c2nccnc21.[Ir]. The molecule has 2 aromatic heterocycles. The van der Waals surface area contributed by atoms with Gasteiger partial charge in [0.05, 0.1) is 0 Å². The molecule has 183 valence electrons. The smallest absolute Gasteiger partial charge is 0.143 e. The molecule has 0 N–H and O–H groups in total. The van der Waals surface area contributed by atoms with Gasteiger partial charge >= 0.3 is 0 Å². The fraction of sp³-hybridized carbons (Fsp3) is 0.0714. The van der Waals surface area contributed by atoms with E-state index in [2.05, 4.69) is 28.2 Å². The van der Waals surface area contributed by atoms with Crippen molar-refractivity contribution < 1.29 is 24.5 Å². The monoisotopic (exact) mass is 651 g/mol. The molecule has 5 aromatic rings. The zero-order chi connectivity index (χ0) is 23.8. The molecule has 0 saturated heterocycles. The van der Waals surface area contributed by atoms with Gasteiger partial charge in [-0.05, 0) is 32.6 Å². The van der Waals surface area contributed by atoms with Crippen LogP contribution in [0.3, 0.4) is 0 Å². The molecule has 1 radical (unpaired) electrons. The van der Waals surface area contributed by atoms with Crippen LogP contribution in [0.5, 0.6) is 0 Å². The number of benzene rings is 3. The zero-order valence-electron chi connectivity index (χ0n) is 19.7. The summed E-state index contributed by atoms with van der Waals surface area (Å²) < 4.78 is 5.99. The summed E-state index contributed by atoms with van der Waals surface area (Å²) in [4.78, 5) is 16.6. The molecule has 7 rings (SSSR count). The minimum atomic E-state index is 0. The molecular weight excluding hydrogens is 629 g/mol. The molecule has 0 atom stereocenters. The van der Waals surface area contributed by atoms with Gasteiger partial charge in [-0.3, -0.25) is 0 Å². The van der Waals surface area contributed by atoms with Gasteiger partial charge in [-0.1, -0.05) is 29.3 Å². The molecule has 0 fully saturated rings. The van der Waals surface area contributed by atoms with Crippen LogP contribution in [-0.4, -0.2) is 29.0 Å². The van der Waals surface area contributed by atoms with Gasteiger partial charge in [0.25, 0.3) is 0 Å². The molecule has 0 saturated carbocycles. The van der Waals surface area contributed by atoms with Crippen LogP contribution >= 0.6 is 0 Å². The maximum atomic E-state index is 5.99. The minimum absolute atomic E-state index is 0. The Bertz CT molecular complexity index is 1520. The quantitative estimate of drug-likeness (QED) is 0.227. The number of fused-ring (bicyclic) bond motifs is 4. The fourth-order valence-electron chi connectivity index (χ4n) is 4.19. The summed E-state index contributed by atoms with van der Waals surface area (Å²) in [5.41, 5.74) is 3.69. The van der Waals surface area contributed by atoms with Crippen molar-refractivity contribution in [2.75, 3.05) is 28.8 Å². The van der Waals surface area contributed by atoms with Crippen LogP contribution in [0.4, 0.5) is 23.0 Å². The summed E-state index contributed by atoms with van der Waals surface area (Å²) in [5, 5.41) is 2.27. The first kappa shape index (κ1) is 23.9. The first-order valence-corrected chi connectivity index (χ1v) is 11.2. The van der Waals surface area contributed by atoms with E-state index in [0.717, 1.165) is 44.9 Å². The summed E-state index contributed by atoms with van der Waals surface area (Å²) >= 11 is 0. The van der Waals surface area contributed by atoms with Crippen molar-refractivity contribution in [1.82, 2.24) is 14.9 Å². The van der Waals surface area contributed by atoms with Gasteiger partial charge in [-0.2, -0.15) is 55.2 Å². The molecule has 4 heterocycles. The number of furan rings is 1. The molecule has 2 aliphatic rings. The van der Waals surface area contributed by atoms with Gasteiger partial charge in [0.15, 0.2) is 0 Å². The molecule has 7 nitrogen and oxygen atoms in total. The van der Waals surface area contributed by atoms with E-state index in [1.807, 2.05) is 114 Å². The molecule has 0 spiro atoms. The average molecular weight is 651 g/mol. The van der Waals surface area contributed by atoms with Gasteiger partial charge in [0.2, 0.25) is 0 Å². The summed E-state index contributed by atoms with van der Waals surface area (Å²) in [5.74, 6) is 1.70. The number of para-hydroxylation sites is 2. The molecule has 3 aromatic carbocycles. The number of hydrogen-bond donors (Lipinski definition) is 0. The summed E-state index contributed by atoms with van der Waals surface area (Å²) in [7, 11) is 3.95. The van der Waals surface area contributed by atoms with E-state index in [-0.39, 0.29) is 20.1 Å². The largest absolute Gasteiger partial charge is 0.514 e. The summed E-state index contributed by atoms with van der Waals surface area (Å²) in [6, 6.07) is 26.3. The van der Waals surface area contributed by atoms with Crippen molar-refractivity contribution in [1.29, 1.82) is 0 Å². The summed E-state index contributed by atoms with van der Waals surface area (Å²) in [6.45, 7) is 3.95. The number of aromatic nitrogens is 2. The van der Waals surface area contributed by atoms with Crippen LogP contribution in [0.2, 0.25) is 0 Å². The number of hydrogen-bond acceptors (Lipinski definition) is 7. The standard InChI is InChI=1S/C16H12N2O.C12H10N4.Ir/c1-17-9-10-18(11-17)14-7-4-6-13-12-5-2-3-8-15(12)19-16(13)14;1-15-9-16(10-5-3-2-4-6-10)12-11(15)13-7-8-14-12;/h2-6,8-11H,1H3;2-5,7-9H,1H3;/q2*-2;. The Morgan fingerprint density at radius 3 is 2.39 bits per heavy atom. The van der Waals surface area contributed by atoms with Crippen molar-refractivity contribution in [3.8, 4) is 0 Å². The van der Waals surface area contributed by atoms with E-state index in [0.29, 0.717) is 0 Å². The number of rotatable bonds is 2. The fourth-order valence-corrected chi connectivity index (χ4v) is 4.19. The van der Waals surface area contributed by atoms with Crippen molar-refractivity contribution in [3.05, 3.63) is 111 Å². The second kappa shape index (κ2) is 10.0. The predicted octanol–water partition coefficient (Wildman–Crippen LogP) is 5.71.